The van der Waals surface area contributed by atoms with Crippen molar-refractivity contribution in [1.82, 2.24) is 10.9 Å². The Morgan fingerprint density at radius 2 is 1.07 bits per heavy atom. The van der Waals surface area contributed by atoms with Crippen LogP contribution in [0.5, 0.6) is 0 Å². The van der Waals surface area contributed by atoms with Crippen LogP contribution in [-0.4, -0.2) is 38.5 Å². The van der Waals surface area contributed by atoms with Gasteiger partial charge in [0.2, 0.25) is 0 Å². The highest BCUT2D eigenvalue weighted by Gasteiger charge is 2.07. The van der Waals surface area contributed by atoms with Crippen molar-refractivity contribution in [2.45, 2.75) is 50.5 Å². The predicted octanol–water partition coefficient (Wildman–Crippen LogP) is 2.99. The van der Waals surface area contributed by atoms with Gasteiger partial charge < -0.3 is 0 Å². The molecule has 2 aromatic rings. The van der Waals surface area contributed by atoms with Gasteiger partial charge in [-0.05, 0) is 52.0 Å². The van der Waals surface area contributed by atoms with E-state index in [9.17, 15) is 16.8 Å². The van der Waals surface area contributed by atoms with Gasteiger partial charge in [-0.15, -0.1) is 0 Å². The first-order chi connectivity index (χ1) is 13.3. The molecule has 0 aliphatic heterocycles. The number of rotatable bonds is 5. The Labute approximate surface area is 173 Å². The Morgan fingerprint density at radius 3 is 1.24 bits per heavy atom. The second-order valence-corrected chi connectivity index (χ2v) is 9.25. The van der Waals surface area contributed by atoms with Crippen molar-refractivity contribution >= 4 is 20.2 Å². The van der Waals surface area contributed by atoms with Crippen molar-refractivity contribution in [3.63, 3.8) is 0 Å². The summed E-state index contributed by atoms with van der Waals surface area (Å²) in [6, 6.07) is 12.5. The molecule has 0 unspecified atom stereocenters. The molecule has 2 rings (SSSR count). The average Bonchev–Trinajstić information content (AvgIpc) is 2.60. The zero-order chi connectivity index (χ0) is 22.7. The number of hydrogen-bond acceptors (Lipinski definition) is 6. The summed E-state index contributed by atoms with van der Waals surface area (Å²) >= 11 is 0. The molecule has 0 bridgehead atoms. The van der Waals surface area contributed by atoms with E-state index in [2.05, 4.69) is 31.6 Å². The molecule has 0 heterocycles. The van der Waals surface area contributed by atoms with Gasteiger partial charge in [-0.3, -0.25) is 20.0 Å². The van der Waals surface area contributed by atoms with Crippen LogP contribution in [0.1, 0.15) is 31.9 Å². The molecule has 164 valence electrons. The number of hydrazine groups is 1. The normalized spacial score (nSPS) is 11.2. The van der Waals surface area contributed by atoms with Crippen molar-refractivity contribution in [3.05, 3.63) is 59.7 Å². The Balaban J connectivity index is 0.000000419. The molecular formula is C19H30N2O6S2. The molecule has 0 amide bonds. The van der Waals surface area contributed by atoms with Crippen LogP contribution >= 0.6 is 0 Å². The number of benzene rings is 2. The lowest BCUT2D eigenvalue weighted by atomic mass is 10.2. The molecule has 0 radical (unpaired) electrons. The summed E-state index contributed by atoms with van der Waals surface area (Å²) in [5.74, 6) is 0. The molecule has 4 N–H and O–H groups in total. The second-order valence-electron chi connectivity index (χ2n) is 6.41. The molecule has 0 aliphatic carbocycles. The van der Waals surface area contributed by atoms with Crippen molar-refractivity contribution in [1.29, 1.82) is 0 Å². The van der Waals surface area contributed by atoms with Gasteiger partial charge in [0, 0.05) is 12.6 Å². The summed E-state index contributed by atoms with van der Waals surface area (Å²) in [7, 11) is -8.04. The van der Waals surface area contributed by atoms with Gasteiger partial charge in [0.15, 0.2) is 0 Å². The van der Waals surface area contributed by atoms with E-state index in [1.54, 1.807) is 24.3 Å². The topological polar surface area (TPSA) is 133 Å². The summed E-state index contributed by atoms with van der Waals surface area (Å²) in [4.78, 5) is -0.133. The van der Waals surface area contributed by atoms with E-state index < -0.39 is 20.2 Å². The summed E-state index contributed by atoms with van der Waals surface area (Å²) in [6.07, 6.45) is 0. The standard InChI is InChI=1S/2C7H8O3S.C5H14N2/c2*1-6-2-4-7(5-3-6)11(8,9)10;1-4-6-7-5(2)3/h2*2-5H,1H3,(H,8,9,10);5-7H,4H2,1-3H3. The van der Waals surface area contributed by atoms with Gasteiger partial charge in [-0.1, -0.05) is 42.3 Å². The van der Waals surface area contributed by atoms with Gasteiger partial charge in [-0.25, -0.2) is 0 Å². The minimum atomic E-state index is -4.02. The molecule has 0 saturated heterocycles. The lowest BCUT2D eigenvalue weighted by Crippen LogP contribution is -2.36. The van der Waals surface area contributed by atoms with E-state index in [0.717, 1.165) is 17.7 Å². The Bertz CT molecular complexity index is 850. The molecule has 0 fully saturated rings. The van der Waals surface area contributed by atoms with Crippen LogP contribution in [0.25, 0.3) is 0 Å². The molecule has 0 aromatic heterocycles. The maximum absolute atomic E-state index is 10.5. The molecular weight excluding hydrogens is 416 g/mol. The number of hydrogen-bond donors (Lipinski definition) is 4. The third-order valence-electron chi connectivity index (χ3n) is 3.21. The van der Waals surface area contributed by atoms with Gasteiger partial charge >= 0.3 is 0 Å². The first kappa shape index (κ1) is 27.2. The van der Waals surface area contributed by atoms with E-state index >= 15 is 0 Å². The highest BCUT2D eigenvalue weighted by atomic mass is 32.2. The third kappa shape index (κ3) is 13.1. The number of aryl methyl sites for hydroxylation is 2. The van der Waals surface area contributed by atoms with Crippen LogP contribution in [0.3, 0.4) is 0 Å². The fourth-order valence-corrected chi connectivity index (χ4v) is 2.69. The van der Waals surface area contributed by atoms with Gasteiger partial charge in [-0.2, -0.15) is 16.8 Å². The van der Waals surface area contributed by atoms with Gasteiger partial charge in [0.1, 0.15) is 0 Å². The molecule has 0 aliphatic rings. The molecule has 2 aromatic carbocycles. The molecule has 8 nitrogen and oxygen atoms in total. The van der Waals surface area contributed by atoms with Crippen molar-refractivity contribution < 1.29 is 25.9 Å². The summed E-state index contributed by atoms with van der Waals surface area (Å²) < 4.78 is 59.1. The lowest BCUT2D eigenvalue weighted by molar-refractivity contribution is 0.481. The minimum absolute atomic E-state index is 0.0666. The fraction of sp³-hybridized carbons (Fsp3) is 0.368. The molecule has 0 atom stereocenters. The van der Waals surface area contributed by atoms with Crippen LogP contribution < -0.4 is 10.9 Å². The second kappa shape index (κ2) is 12.7. The zero-order valence-electron chi connectivity index (χ0n) is 17.2. The quantitative estimate of drug-likeness (QED) is 0.407. The Morgan fingerprint density at radius 1 is 0.759 bits per heavy atom. The van der Waals surface area contributed by atoms with Crippen LogP contribution in [-0.2, 0) is 20.2 Å². The maximum Gasteiger partial charge on any atom is 0.294 e. The van der Waals surface area contributed by atoms with Crippen molar-refractivity contribution in [2.75, 3.05) is 6.54 Å². The smallest absolute Gasteiger partial charge is 0.282 e. The van der Waals surface area contributed by atoms with Crippen LogP contribution in [0.15, 0.2) is 58.3 Å². The van der Waals surface area contributed by atoms with E-state index in [4.69, 9.17) is 9.11 Å². The van der Waals surface area contributed by atoms with E-state index in [1.165, 1.54) is 24.3 Å². The maximum atomic E-state index is 10.5. The predicted molar refractivity (Wildman–Crippen MR) is 114 cm³/mol. The van der Waals surface area contributed by atoms with Crippen molar-refractivity contribution in [3.8, 4) is 0 Å². The minimum Gasteiger partial charge on any atom is -0.282 e. The summed E-state index contributed by atoms with van der Waals surface area (Å²) in [5, 5.41) is 0. The van der Waals surface area contributed by atoms with Crippen molar-refractivity contribution in [2.24, 2.45) is 0 Å². The van der Waals surface area contributed by atoms with Gasteiger partial charge in [0.25, 0.3) is 20.2 Å². The molecule has 10 heteroatoms. The van der Waals surface area contributed by atoms with Gasteiger partial charge in [0.05, 0.1) is 9.79 Å². The largest absolute Gasteiger partial charge is 0.294 e. The fourth-order valence-electron chi connectivity index (χ4n) is 1.73. The van der Waals surface area contributed by atoms with Crippen LogP contribution in [0.4, 0.5) is 0 Å². The average molecular weight is 447 g/mol. The molecule has 29 heavy (non-hydrogen) atoms. The highest BCUT2D eigenvalue weighted by Crippen LogP contribution is 2.09. The summed E-state index contributed by atoms with van der Waals surface area (Å²) in [6.45, 7) is 10.9. The van der Waals surface area contributed by atoms with E-state index in [-0.39, 0.29) is 9.79 Å². The first-order valence-electron chi connectivity index (χ1n) is 8.84. The van der Waals surface area contributed by atoms with Crippen LogP contribution in [0, 0.1) is 13.8 Å². The zero-order valence-corrected chi connectivity index (χ0v) is 18.9. The van der Waals surface area contributed by atoms with Crippen LogP contribution in [0.2, 0.25) is 0 Å². The van der Waals surface area contributed by atoms with E-state index in [1.807, 2.05) is 13.8 Å². The molecule has 0 saturated carbocycles. The summed E-state index contributed by atoms with van der Waals surface area (Å²) in [5.41, 5.74) is 7.95. The highest BCUT2D eigenvalue weighted by molar-refractivity contribution is 7.86. The first-order valence-corrected chi connectivity index (χ1v) is 11.7. The van der Waals surface area contributed by atoms with E-state index in [0.29, 0.717) is 6.04 Å². The Kier molecular flexibility index (Phi) is 11.9. The molecule has 0 spiro atoms. The SMILES string of the molecule is CCNNC(C)C.Cc1ccc(S(=O)(=O)O)cc1.Cc1ccc(S(=O)(=O)O)cc1. The lowest BCUT2D eigenvalue weighted by Gasteiger charge is -2.05. The number of nitrogens with one attached hydrogen (secondary N) is 2. The Hall–Kier alpha value is -1.82. The monoisotopic (exact) mass is 446 g/mol. The third-order valence-corrected chi connectivity index (χ3v) is 4.94.